The van der Waals surface area contributed by atoms with Gasteiger partial charge in [-0.15, -0.1) is 5.10 Å². The summed E-state index contributed by atoms with van der Waals surface area (Å²) in [6.45, 7) is 5.32. The second-order valence-corrected chi connectivity index (χ2v) is 8.50. The lowest BCUT2D eigenvalue weighted by molar-refractivity contribution is -0.137. The van der Waals surface area contributed by atoms with Crippen molar-refractivity contribution in [1.82, 2.24) is 29.4 Å². The molecule has 0 unspecified atom stereocenters. The van der Waals surface area contributed by atoms with Crippen LogP contribution in [0.2, 0.25) is 0 Å². The van der Waals surface area contributed by atoms with Crippen LogP contribution in [0.4, 0.5) is 11.5 Å². The minimum atomic E-state index is 0.120. The van der Waals surface area contributed by atoms with Crippen LogP contribution in [0, 0.1) is 5.92 Å². The predicted molar refractivity (Wildman–Crippen MR) is 120 cm³/mol. The van der Waals surface area contributed by atoms with Gasteiger partial charge in [0.25, 0.3) is 0 Å². The summed E-state index contributed by atoms with van der Waals surface area (Å²) < 4.78 is 1.70. The summed E-state index contributed by atoms with van der Waals surface area (Å²) in [5.41, 5.74) is 9.58. The number of piperazine rings is 1. The van der Waals surface area contributed by atoms with E-state index >= 15 is 0 Å². The number of aromatic nitrogens is 4. The van der Waals surface area contributed by atoms with Crippen LogP contribution in [0.1, 0.15) is 12.8 Å². The number of nitrogens with two attached hydrogens (primary N) is 1. The zero-order chi connectivity index (χ0) is 21.4. The van der Waals surface area contributed by atoms with Crippen molar-refractivity contribution in [3.63, 3.8) is 0 Å². The zero-order valence-corrected chi connectivity index (χ0v) is 17.8. The molecule has 2 saturated heterocycles. The van der Waals surface area contributed by atoms with Crippen molar-refractivity contribution in [2.75, 3.05) is 56.9 Å². The van der Waals surface area contributed by atoms with Crippen LogP contribution in [0.5, 0.6) is 0 Å². The second-order valence-electron chi connectivity index (χ2n) is 8.50. The molecule has 31 heavy (non-hydrogen) atoms. The smallest absolute Gasteiger partial charge is 0.225 e. The molecule has 0 spiro atoms. The quantitative estimate of drug-likeness (QED) is 0.683. The van der Waals surface area contributed by atoms with Gasteiger partial charge < -0.3 is 20.4 Å². The third-order valence-corrected chi connectivity index (χ3v) is 6.44. The van der Waals surface area contributed by atoms with Gasteiger partial charge in [0, 0.05) is 92.9 Å². The Morgan fingerprint density at radius 3 is 2.65 bits per heavy atom. The van der Waals surface area contributed by atoms with Crippen molar-refractivity contribution in [3.8, 4) is 11.1 Å². The number of hydrogen-bond donors (Lipinski definition) is 1. The molecule has 2 fully saturated rings. The highest BCUT2D eigenvalue weighted by atomic mass is 16.2. The normalized spacial score (nSPS) is 18.6. The Bertz CT molecular complexity index is 1080. The van der Waals surface area contributed by atoms with E-state index in [1.807, 2.05) is 30.9 Å². The molecule has 5 heterocycles. The fourth-order valence-electron chi connectivity index (χ4n) is 4.57. The largest absolute Gasteiger partial charge is 0.382 e. The molecule has 0 saturated carbocycles. The van der Waals surface area contributed by atoms with Crippen molar-refractivity contribution < 1.29 is 4.79 Å². The second kappa shape index (κ2) is 8.14. The Morgan fingerprint density at radius 1 is 1.10 bits per heavy atom. The molecule has 3 aromatic rings. The van der Waals surface area contributed by atoms with Crippen molar-refractivity contribution in [2.24, 2.45) is 5.92 Å². The number of carbonyl (C=O) groups is 1. The number of anilines is 2. The fourth-order valence-corrected chi connectivity index (χ4v) is 4.57. The van der Waals surface area contributed by atoms with E-state index in [0.29, 0.717) is 11.7 Å². The summed E-state index contributed by atoms with van der Waals surface area (Å²) in [5.74, 6) is 0.895. The van der Waals surface area contributed by atoms with Crippen molar-refractivity contribution in [3.05, 3.63) is 36.9 Å². The summed E-state index contributed by atoms with van der Waals surface area (Å²) in [4.78, 5) is 28.5. The fraction of sp³-hybridized carbons (Fsp3) is 0.455. The molecule has 0 radical (unpaired) electrons. The summed E-state index contributed by atoms with van der Waals surface area (Å²) >= 11 is 0. The standard InChI is InChI=1S/C22H28N8O/c1-27-8-10-29(11-9-27)22(31)16-3-6-28(7-4-16)19-2-5-24-14-18(19)17-13-25-21-12-20(23)26-30(21)15-17/h2,5,12-16H,3-4,6-11H2,1H3,(H2,23,26). The van der Waals surface area contributed by atoms with Gasteiger partial charge >= 0.3 is 0 Å². The summed E-state index contributed by atoms with van der Waals surface area (Å²) in [6, 6.07) is 3.79. The minimum Gasteiger partial charge on any atom is -0.382 e. The van der Waals surface area contributed by atoms with Crippen LogP contribution in [0.3, 0.4) is 0 Å². The summed E-state index contributed by atoms with van der Waals surface area (Å²) in [5, 5.41) is 4.27. The third kappa shape index (κ3) is 3.93. The Morgan fingerprint density at radius 2 is 1.87 bits per heavy atom. The average molecular weight is 421 g/mol. The van der Waals surface area contributed by atoms with Gasteiger partial charge in [0.2, 0.25) is 5.91 Å². The van der Waals surface area contributed by atoms with Crippen LogP contribution < -0.4 is 10.6 Å². The van der Waals surface area contributed by atoms with E-state index in [2.05, 4.69) is 36.8 Å². The van der Waals surface area contributed by atoms with Gasteiger partial charge in [-0.25, -0.2) is 9.50 Å². The molecule has 0 atom stereocenters. The monoisotopic (exact) mass is 420 g/mol. The number of nitrogen functional groups attached to an aromatic ring is 1. The van der Waals surface area contributed by atoms with Gasteiger partial charge in [-0.3, -0.25) is 9.78 Å². The van der Waals surface area contributed by atoms with E-state index in [4.69, 9.17) is 5.73 Å². The van der Waals surface area contributed by atoms with Gasteiger partial charge in [0.05, 0.1) is 0 Å². The molecule has 5 rings (SSSR count). The number of fused-ring (bicyclic) bond motifs is 1. The molecule has 2 aliphatic rings. The number of amides is 1. The van der Waals surface area contributed by atoms with Crippen LogP contribution in [0.25, 0.3) is 16.8 Å². The van der Waals surface area contributed by atoms with Gasteiger partial charge in [-0.1, -0.05) is 0 Å². The number of pyridine rings is 1. The van der Waals surface area contributed by atoms with E-state index in [0.717, 1.165) is 74.6 Å². The van der Waals surface area contributed by atoms with E-state index < -0.39 is 0 Å². The first-order valence-corrected chi connectivity index (χ1v) is 10.9. The highest BCUT2D eigenvalue weighted by molar-refractivity contribution is 5.80. The number of hydrogen-bond acceptors (Lipinski definition) is 7. The van der Waals surface area contributed by atoms with E-state index in [-0.39, 0.29) is 5.92 Å². The maximum atomic E-state index is 13.0. The molecule has 0 aliphatic carbocycles. The molecule has 0 bridgehead atoms. The lowest BCUT2D eigenvalue weighted by atomic mass is 9.94. The third-order valence-electron chi connectivity index (χ3n) is 6.44. The molecule has 162 valence electrons. The first-order valence-electron chi connectivity index (χ1n) is 10.9. The lowest BCUT2D eigenvalue weighted by Gasteiger charge is -2.38. The average Bonchev–Trinajstić information content (AvgIpc) is 3.18. The minimum absolute atomic E-state index is 0.120. The predicted octanol–water partition coefficient (Wildman–Crippen LogP) is 1.36. The number of piperidine rings is 1. The van der Waals surface area contributed by atoms with Gasteiger partial charge in [0.1, 0.15) is 5.82 Å². The Labute approximate surface area is 181 Å². The molecule has 0 aromatic carbocycles. The highest BCUT2D eigenvalue weighted by Gasteiger charge is 2.30. The first kappa shape index (κ1) is 19.7. The Balaban J connectivity index is 1.31. The van der Waals surface area contributed by atoms with Crippen molar-refractivity contribution in [1.29, 1.82) is 0 Å². The van der Waals surface area contributed by atoms with Gasteiger partial charge in [-0.2, -0.15) is 0 Å². The molecule has 1 amide bonds. The van der Waals surface area contributed by atoms with Crippen LogP contribution in [-0.2, 0) is 4.79 Å². The molecule has 9 nitrogen and oxygen atoms in total. The Kier molecular flexibility index (Phi) is 5.19. The zero-order valence-electron chi connectivity index (χ0n) is 17.8. The SMILES string of the molecule is CN1CCN(C(=O)C2CCN(c3ccncc3-c3cnc4cc(N)nn4c3)CC2)CC1. The van der Waals surface area contributed by atoms with Crippen molar-refractivity contribution >= 4 is 23.1 Å². The van der Waals surface area contributed by atoms with E-state index in [9.17, 15) is 4.79 Å². The highest BCUT2D eigenvalue weighted by Crippen LogP contribution is 2.33. The maximum Gasteiger partial charge on any atom is 0.225 e. The molecule has 2 aliphatic heterocycles. The Hall–Kier alpha value is -3.20. The first-order chi connectivity index (χ1) is 15.1. The van der Waals surface area contributed by atoms with Crippen molar-refractivity contribution in [2.45, 2.75) is 12.8 Å². The number of rotatable bonds is 3. The molecular formula is C22H28N8O. The lowest BCUT2D eigenvalue weighted by Crippen LogP contribution is -2.50. The molecular weight excluding hydrogens is 392 g/mol. The van der Waals surface area contributed by atoms with E-state index in [1.165, 1.54) is 0 Å². The maximum absolute atomic E-state index is 13.0. The number of nitrogens with zero attached hydrogens (tertiary/aromatic N) is 7. The topological polar surface area (TPSA) is 95.9 Å². The number of carbonyl (C=O) groups excluding carboxylic acids is 1. The van der Waals surface area contributed by atoms with Gasteiger partial charge in [-0.05, 0) is 26.0 Å². The number of likely N-dealkylation sites (N-methyl/N-ethyl adjacent to an activating group) is 1. The molecule has 9 heteroatoms. The van der Waals surface area contributed by atoms with Gasteiger partial charge in [0.15, 0.2) is 5.65 Å². The van der Waals surface area contributed by atoms with Crippen LogP contribution in [-0.4, -0.2) is 81.6 Å². The summed E-state index contributed by atoms with van der Waals surface area (Å²) in [6.07, 6.45) is 9.20. The molecule has 2 N–H and O–H groups in total. The van der Waals surface area contributed by atoms with Crippen LogP contribution >= 0.6 is 0 Å². The van der Waals surface area contributed by atoms with E-state index in [1.54, 1.807) is 10.6 Å². The van der Waals surface area contributed by atoms with Crippen LogP contribution in [0.15, 0.2) is 36.9 Å². The molecule has 3 aromatic heterocycles. The summed E-state index contributed by atoms with van der Waals surface area (Å²) in [7, 11) is 2.11.